The molecule has 74 valence electrons. The third kappa shape index (κ3) is 2.42. The summed E-state index contributed by atoms with van der Waals surface area (Å²) in [5.74, 6) is -0.105. The molecular formula is C10H10BrNO2. The van der Waals surface area contributed by atoms with Crippen LogP contribution in [-0.2, 0) is 4.79 Å². The maximum Gasteiger partial charge on any atom is 0.224 e. The SMILES string of the molecule is CCC(=O)Nc1cccc(Br)c1C=O. The topological polar surface area (TPSA) is 46.2 Å². The first-order chi connectivity index (χ1) is 6.69. The van der Waals surface area contributed by atoms with Gasteiger partial charge < -0.3 is 5.32 Å². The van der Waals surface area contributed by atoms with Crippen LogP contribution in [0.1, 0.15) is 23.7 Å². The van der Waals surface area contributed by atoms with Crippen molar-refractivity contribution >= 4 is 33.8 Å². The summed E-state index contributed by atoms with van der Waals surface area (Å²) in [7, 11) is 0. The molecule has 0 aliphatic rings. The van der Waals surface area contributed by atoms with Crippen molar-refractivity contribution in [1.29, 1.82) is 0 Å². The van der Waals surface area contributed by atoms with Crippen molar-refractivity contribution in [1.82, 2.24) is 0 Å². The lowest BCUT2D eigenvalue weighted by molar-refractivity contribution is -0.115. The number of benzene rings is 1. The molecule has 0 saturated carbocycles. The van der Waals surface area contributed by atoms with Crippen LogP contribution in [0.3, 0.4) is 0 Å². The number of rotatable bonds is 3. The molecule has 0 saturated heterocycles. The molecule has 0 unspecified atom stereocenters. The van der Waals surface area contributed by atoms with Gasteiger partial charge in [-0.15, -0.1) is 0 Å². The Morgan fingerprint density at radius 3 is 2.86 bits per heavy atom. The van der Waals surface area contributed by atoms with Gasteiger partial charge in [0.1, 0.15) is 0 Å². The number of aldehydes is 1. The molecule has 0 aliphatic carbocycles. The molecule has 0 aromatic heterocycles. The molecule has 0 atom stereocenters. The van der Waals surface area contributed by atoms with Crippen molar-refractivity contribution < 1.29 is 9.59 Å². The van der Waals surface area contributed by atoms with Gasteiger partial charge >= 0.3 is 0 Å². The lowest BCUT2D eigenvalue weighted by Gasteiger charge is -2.07. The summed E-state index contributed by atoms with van der Waals surface area (Å²) in [5, 5.41) is 2.65. The first-order valence-electron chi connectivity index (χ1n) is 4.22. The number of hydrogen-bond donors (Lipinski definition) is 1. The van der Waals surface area contributed by atoms with E-state index in [1.54, 1.807) is 25.1 Å². The monoisotopic (exact) mass is 255 g/mol. The Bertz CT molecular complexity index is 363. The molecular weight excluding hydrogens is 246 g/mol. The van der Waals surface area contributed by atoms with Gasteiger partial charge in [-0.05, 0) is 28.1 Å². The minimum absolute atomic E-state index is 0.105. The first kappa shape index (κ1) is 10.9. The van der Waals surface area contributed by atoms with Gasteiger partial charge in [0.25, 0.3) is 0 Å². The fourth-order valence-corrected chi connectivity index (χ4v) is 1.46. The molecule has 0 spiro atoms. The minimum atomic E-state index is -0.105. The Hall–Kier alpha value is -1.16. The zero-order chi connectivity index (χ0) is 10.6. The third-order valence-electron chi connectivity index (χ3n) is 1.77. The molecule has 0 aliphatic heterocycles. The van der Waals surface area contributed by atoms with Crippen LogP contribution in [0.4, 0.5) is 5.69 Å². The summed E-state index contributed by atoms with van der Waals surface area (Å²) < 4.78 is 0.682. The second-order valence-electron chi connectivity index (χ2n) is 2.72. The van der Waals surface area contributed by atoms with E-state index in [4.69, 9.17) is 0 Å². The molecule has 1 aromatic carbocycles. The van der Waals surface area contributed by atoms with Crippen LogP contribution in [0.5, 0.6) is 0 Å². The highest BCUT2D eigenvalue weighted by Gasteiger charge is 2.07. The third-order valence-corrected chi connectivity index (χ3v) is 2.46. The van der Waals surface area contributed by atoms with Crippen molar-refractivity contribution in [3.8, 4) is 0 Å². The largest absolute Gasteiger partial charge is 0.325 e. The van der Waals surface area contributed by atoms with Gasteiger partial charge in [-0.3, -0.25) is 9.59 Å². The Kier molecular flexibility index (Phi) is 3.83. The maximum atomic E-state index is 11.1. The van der Waals surface area contributed by atoms with Crippen molar-refractivity contribution in [2.45, 2.75) is 13.3 Å². The van der Waals surface area contributed by atoms with Gasteiger partial charge in [0, 0.05) is 10.9 Å². The standard InChI is InChI=1S/C10H10BrNO2/c1-2-10(14)12-9-5-3-4-8(11)7(9)6-13/h3-6H,2H2,1H3,(H,12,14). The molecule has 4 heteroatoms. The summed E-state index contributed by atoms with van der Waals surface area (Å²) in [6.45, 7) is 1.76. The van der Waals surface area contributed by atoms with Crippen LogP contribution in [0.15, 0.2) is 22.7 Å². The lowest BCUT2D eigenvalue weighted by atomic mass is 10.2. The van der Waals surface area contributed by atoms with E-state index < -0.39 is 0 Å². The van der Waals surface area contributed by atoms with Crippen LogP contribution in [0.2, 0.25) is 0 Å². The Morgan fingerprint density at radius 2 is 2.29 bits per heavy atom. The Morgan fingerprint density at radius 1 is 1.57 bits per heavy atom. The normalized spacial score (nSPS) is 9.57. The van der Waals surface area contributed by atoms with E-state index in [9.17, 15) is 9.59 Å². The molecule has 0 bridgehead atoms. The summed E-state index contributed by atoms with van der Waals surface area (Å²) in [6, 6.07) is 5.22. The van der Waals surface area contributed by atoms with Gasteiger partial charge in [0.15, 0.2) is 6.29 Å². The molecule has 3 nitrogen and oxygen atoms in total. The number of carbonyl (C=O) groups excluding carboxylic acids is 2. The predicted molar refractivity (Wildman–Crippen MR) is 58.5 cm³/mol. The van der Waals surface area contributed by atoms with Gasteiger partial charge in [-0.25, -0.2) is 0 Å². The maximum absolute atomic E-state index is 11.1. The minimum Gasteiger partial charge on any atom is -0.325 e. The van der Waals surface area contributed by atoms with E-state index >= 15 is 0 Å². The molecule has 1 rings (SSSR count). The van der Waals surface area contributed by atoms with E-state index in [0.717, 1.165) is 6.29 Å². The fraction of sp³-hybridized carbons (Fsp3) is 0.200. The molecule has 0 fully saturated rings. The number of nitrogens with one attached hydrogen (secondary N) is 1. The molecule has 0 heterocycles. The first-order valence-corrected chi connectivity index (χ1v) is 5.02. The number of hydrogen-bond acceptors (Lipinski definition) is 2. The number of anilines is 1. The van der Waals surface area contributed by atoms with Crippen LogP contribution in [-0.4, -0.2) is 12.2 Å². The van der Waals surface area contributed by atoms with E-state index in [1.807, 2.05) is 0 Å². The Labute approximate surface area is 90.6 Å². The van der Waals surface area contributed by atoms with E-state index in [2.05, 4.69) is 21.2 Å². The van der Waals surface area contributed by atoms with Gasteiger partial charge in [0.2, 0.25) is 5.91 Å². The number of carbonyl (C=O) groups is 2. The highest BCUT2D eigenvalue weighted by molar-refractivity contribution is 9.10. The smallest absolute Gasteiger partial charge is 0.224 e. The van der Waals surface area contributed by atoms with Crippen molar-refractivity contribution in [3.63, 3.8) is 0 Å². The fourth-order valence-electron chi connectivity index (χ4n) is 1.00. The summed E-state index contributed by atoms with van der Waals surface area (Å²) in [6.07, 6.45) is 1.11. The average molecular weight is 256 g/mol. The number of halogens is 1. The van der Waals surface area contributed by atoms with Gasteiger partial charge in [-0.2, -0.15) is 0 Å². The molecule has 0 radical (unpaired) electrons. The van der Waals surface area contributed by atoms with Crippen molar-refractivity contribution in [2.24, 2.45) is 0 Å². The Balaban J connectivity index is 3.02. The van der Waals surface area contributed by atoms with Crippen LogP contribution in [0.25, 0.3) is 0 Å². The molecule has 14 heavy (non-hydrogen) atoms. The van der Waals surface area contributed by atoms with Crippen molar-refractivity contribution in [3.05, 3.63) is 28.2 Å². The highest BCUT2D eigenvalue weighted by atomic mass is 79.9. The molecule has 1 N–H and O–H groups in total. The second kappa shape index (κ2) is 4.91. The molecule has 1 aromatic rings. The van der Waals surface area contributed by atoms with Gasteiger partial charge in [0.05, 0.1) is 11.3 Å². The van der Waals surface area contributed by atoms with Crippen LogP contribution in [0, 0.1) is 0 Å². The van der Waals surface area contributed by atoms with E-state index in [-0.39, 0.29) is 5.91 Å². The average Bonchev–Trinajstić information content (AvgIpc) is 2.18. The van der Waals surface area contributed by atoms with E-state index in [1.165, 1.54) is 0 Å². The summed E-state index contributed by atoms with van der Waals surface area (Å²) in [5.41, 5.74) is 1.01. The molecule has 1 amide bonds. The predicted octanol–water partition coefficient (Wildman–Crippen LogP) is 2.61. The zero-order valence-corrected chi connectivity index (χ0v) is 9.30. The van der Waals surface area contributed by atoms with Gasteiger partial charge in [-0.1, -0.05) is 13.0 Å². The lowest BCUT2D eigenvalue weighted by Crippen LogP contribution is -2.11. The second-order valence-corrected chi connectivity index (χ2v) is 3.57. The van der Waals surface area contributed by atoms with Crippen LogP contribution < -0.4 is 5.32 Å². The highest BCUT2D eigenvalue weighted by Crippen LogP contribution is 2.22. The zero-order valence-electron chi connectivity index (χ0n) is 7.71. The summed E-state index contributed by atoms with van der Waals surface area (Å²) in [4.78, 5) is 21.9. The summed E-state index contributed by atoms with van der Waals surface area (Å²) >= 11 is 3.24. The van der Waals surface area contributed by atoms with Crippen LogP contribution >= 0.6 is 15.9 Å². The van der Waals surface area contributed by atoms with Crippen molar-refractivity contribution in [2.75, 3.05) is 5.32 Å². The van der Waals surface area contributed by atoms with E-state index in [0.29, 0.717) is 22.1 Å². The number of amides is 1. The quantitative estimate of drug-likeness (QED) is 0.845.